The highest BCUT2D eigenvalue weighted by molar-refractivity contribution is 6.06. The van der Waals surface area contributed by atoms with Crippen LogP contribution in [-0.4, -0.2) is 93.5 Å². The van der Waals surface area contributed by atoms with Crippen molar-refractivity contribution in [3.63, 3.8) is 0 Å². The number of aromatic nitrogens is 4. The van der Waals surface area contributed by atoms with E-state index < -0.39 is 23.7 Å². The van der Waals surface area contributed by atoms with Gasteiger partial charge in [-0.05, 0) is 80.0 Å². The van der Waals surface area contributed by atoms with Crippen LogP contribution in [0.3, 0.4) is 0 Å². The van der Waals surface area contributed by atoms with Gasteiger partial charge in [0.15, 0.2) is 5.82 Å². The van der Waals surface area contributed by atoms with Gasteiger partial charge in [-0.15, -0.1) is 0 Å². The molecule has 0 radical (unpaired) electrons. The summed E-state index contributed by atoms with van der Waals surface area (Å²) in [6, 6.07) is 6.56. The van der Waals surface area contributed by atoms with Crippen molar-refractivity contribution < 1.29 is 27.5 Å². The van der Waals surface area contributed by atoms with E-state index in [9.17, 15) is 27.6 Å². The van der Waals surface area contributed by atoms with Crippen molar-refractivity contribution in [1.82, 2.24) is 24.0 Å². The molecule has 3 aliphatic heterocycles. The lowest BCUT2D eigenvalue weighted by molar-refractivity contribution is -0.159. The summed E-state index contributed by atoms with van der Waals surface area (Å²) in [6.45, 7) is 12.3. The van der Waals surface area contributed by atoms with Crippen LogP contribution in [0.5, 0.6) is 0 Å². The van der Waals surface area contributed by atoms with Gasteiger partial charge in [0.1, 0.15) is 17.6 Å². The summed E-state index contributed by atoms with van der Waals surface area (Å²) >= 11 is 0. The molecule has 2 saturated heterocycles. The number of nitrogens with one attached hydrogen (secondary N) is 2. The molecule has 13 nitrogen and oxygen atoms in total. The van der Waals surface area contributed by atoms with E-state index in [2.05, 4.69) is 40.6 Å². The molecular weight excluding hydrogens is 752 g/mol. The van der Waals surface area contributed by atoms with Gasteiger partial charge in [-0.3, -0.25) is 24.2 Å². The number of pyridine rings is 1. The molecule has 4 aromatic rings. The fraction of sp³-hybridized carbons (Fsp3) is 0.452. The summed E-state index contributed by atoms with van der Waals surface area (Å²) in [5, 5.41) is 5.73. The second-order valence-corrected chi connectivity index (χ2v) is 16.5. The number of carbonyl (C=O) groups is 2. The number of fused-ring (bicyclic) bond motifs is 3. The SMILES string of the molecule is C=CC(=O)Nc1cc(Nc2nc(-c3ccnc(N4CCn5c(cc6c5CC(C)(C)C6)C4=O)c3C)cn(C)c2=O)ccc1N1CCN(C2CCOCC2)C[C@@H]1C(F)(F)F. The zero-order valence-corrected chi connectivity index (χ0v) is 33.2. The van der Waals surface area contributed by atoms with Crippen LogP contribution in [0.2, 0.25) is 0 Å². The highest BCUT2D eigenvalue weighted by atomic mass is 19.4. The van der Waals surface area contributed by atoms with Gasteiger partial charge in [0.05, 0.1) is 17.1 Å². The fourth-order valence-corrected chi connectivity index (χ4v) is 9.04. The van der Waals surface area contributed by atoms with Gasteiger partial charge < -0.3 is 29.4 Å². The number of amides is 2. The maximum Gasteiger partial charge on any atom is 0.409 e. The predicted molar refractivity (Wildman–Crippen MR) is 216 cm³/mol. The second-order valence-electron chi connectivity index (χ2n) is 16.5. The number of carbonyl (C=O) groups excluding carboxylic acids is 2. The summed E-state index contributed by atoms with van der Waals surface area (Å²) in [4.78, 5) is 54.3. The Labute approximate surface area is 334 Å². The van der Waals surface area contributed by atoms with Gasteiger partial charge in [0, 0.05) is 93.9 Å². The van der Waals surface area contributed by atoms with E-state index in [0.29, 0.717) is 79.7 Å². The number of ether oxygens (including phenoxy) is 1. The van der Waals surface area contributed by atoms with Crippen LogP contribution in [0.15, 0.2) is 60.2 Å². The molecule has 0 spiro atoms. The Morgan fingerprint density at radius 2 is 1.83 bits per heavy atom. The molecular formula is C42H48F3N9O4. The number of hydrogen-bond donors (Lipinski definition) is 2. The van der Waals surface area contributed by atoms with Crippen LogP contribution in [-0.2, 0) is 36.0 Å². The van der Waals surface area contributed by atoms with E-state index in [0.717, 1.165) is 18.9 Å². The topological polar surface area (TPSA) is 130 Å². The Bertz CT molecular complexity index is 2350. The molecule has 16 heteroatoms. The average molecular weight is 800 g/mol. The van der Waals surface area contributed by atoms with Crippen LogP contribution in [0.25, 0.3) is 11.3 Å². The van der Waals surface area contributed by atoms with Gasteiger partial charge >= 0.3 is 6.18 Å². The number of rotatable bonds is 8. The van der Waals surface area contributed by atoms with E-state index in [1.54, 1.807) is 36.5 Å². The summed E-state index contributed by atoms with van der Waals surface area (Å²) in [6.07, 6.45) is 2.93. The first-order valence-corrected chi connectivity index (χ1v) is 19.7. The quantitative estimate of drug-likeness (QED) is 0.212. The Kier molecular flexibility index (Phi) is 10.2. The van der Waals surface area contributed by atoms with Crippen molar-refractivity contribution in [3.8, 4) is 11.3 Å². The number of aryl methyl sites for hydroxylation is 1. The lowest BCUT2D eigenvalue weighted by atomic mass is 9.90. The largest absolute Gasteiger partial charge is 0.409 e. The zero-order valence-electron chi connectivity index (χ0n) is 33.2. The first-order valence-electron chi connectivity index (χ1n) is 19.7. The summed E-state index contributed by atoms with van der Waals surface area (Å²) < 4.78 is 53.1. The first-order chi connectivity index (χ1) is 27.6. The minimum atomic E-state index is -4.55. The van der Waals surface area contributed by atoms with Gasteiger partial charge in [0.2, 0.25) is 5.91 Å². The Hall–Kier alpha value is -5.48. The molecule has 58 heavy (non-hydrogen) atoms. The molecule has 4 aliphatic rings. The fourth-order valence-electron chi connectivity index (χ4n) is 9.04. The molecule has 1 atom stereocenters. The molecule has 1 aliphatic carbocycles. The summed E-state index contributed by atoms with van der Waals surface area (Å²) in [7, 11) is 1.59. The number of halogens is 3. The maximum atomic E-state index is 14.7. The van der Waals surface area contributed by atoms with E-state index in [-0.39, 0.29) is 47.6 Å². The molecule has 2 amide bonds. The van der Waals surface area contributed by atoms with Crippen LogP contribution in [0.4, 0.5) is 41.9 Å². The van der Waals surface area contributed by atoms with E-state index in [4.69, 9.17) is 9.72 Å². The lowest BCUT2D eigenvalue weighted by Gasteiger charge is -2.47. The minimum absolute atomic E-state index is 0.00886. The zero-order chi connectivity index (χ0) is 41.1. The van der Waals surface area contributed by atoms with Crippen molar-refractivity contribution in [2.75, 3.05) is 59.8 Å². The van der Waals surface area contributed by atoms with Gasteiger partial charge in [-0.1, -0.05) is 20.4 Å². The molecule has 6 heterocycles. The Morgan fingerprint density at radius 1 is 1.05 bits per heavy atom. The first kappa shape index (κ1) is 39.4. The number of alkyl halides is 3. The van der Waals surface area contributed by atoms with Crippen molar-refractivity contribution in [2.24, 2.45) is 12.5 Å². The highest BCUT2D eigenvalue weighted by Gasteiger charge is 2.48. The molecule has 0 bridgehead atoms. The number of anilines is 5. The van der Waals surface area contributed by atoms with Crippen LogP contribution in [0, 0.1) is 12.3 Å². The summed E-state index contributed by atoms with van der Waals surface area (Å²) in [5.74, 6) is -0.262. The smallest absolute Gasteiger partial charge is 0.381 e. The number of piperazine rings is 1. The third-order valence-electron chi connectivity index (χ3n) is 11.9. The Balaban J connectivity index is 1.08. The van der Waals surface area contributed by atoms with Crippen molar-refractivity contribution in [3.05, 3.63) is 88.2 Å². The van der Waals surface area contributed by atoms with Crippen LogP contribution in [0.1, 0.15) is 54.0 Å². The number of benzene rings is 1. The lowest BCUT2D eigenvalue weighted by Crippen LogP contribution is -2.61. The molecule has 306 valence electrons. The monoisotopic (exact) mass is 799 g/mol. The standard InChI is InChI=1S/C42H48F3N9O4/c1-6-36(55)48-30-20-27(7-8-32(30)53-14-13-51(24-35(53)42(43,44)45)28-10-17-58-18-11-28)47-37-40(57)50(5)23-31(49-37)29-9-12-46-38(25(29)2)54-16-15-52-33(39(54)56)19-26-21-41(3,4)22-34(26)52/h6-9,12,19-20,23,28,35H,1,10-11,13-18,21-22,24H2,2-5H3,(H,47,49)(H,48,55)/t35-/m1/s1. The van der Waals surface area contributed by atoms with Crippen molar-refractivity contribution >= 4 is 40.5 Å². The molecule has 0 unspecified atom stereocenters. The average Bonchev–Trinajstić information content (AvgIpc) is 3.69. The third-order valence-corrected chi connectivity index (χ3v) is 11.9. The molecule has 2 fully saturated rings. The van der Waals surface area contributed by atoms with Crippen molar-refractivity contribution in [1.29, 1.82) is 0 Å². The summed E-state index contributed by atoms with van der Waals surface area (Å²) in [5.41, 5.74) is 5.27. The molecule has 8 rings (SSSR count). The van der Waals surface area contributed by atoms with E-state index in [1.165, 1.54) is 32.9 Å². The number of nitrogens with zero attached hydrogens (tertiary/aromatic N) is 7. The van der Waals surface area contributed by atoms with Gasteiger partial charge in [-0.2, -0.15) is 13.2 Å². The predicted octanol–water partition coefficient (Wildman–Crippen LogP) is 5.84. The minimum Gasteiger partial charge on any atom is -0.381 e. The third kappa shape index (κ3) is 7.39. The molecule has 2 N–H and O–H groups in total. The highest BCUT2D eigenvalue weighted by Crippen LogP contribution is 2.41. The normalized spacial score (nSPS) is 19.8. The second kappa shape index (κ2) is 15.0. The Morgan fingerprint density at radius 3 is 2.57 bits per heavy atom. The van der Waals surface area contributed by atoms with Gasteiger partial charge in [-0.25, -0.2) is 9.97 Å². The van der Waals surface area contributed by atoms with Crippen molar-refractivity contribution in [2.45, 2.75) is 71.3 Å². The van der Waals surface area contributed by atoms with Gasteiger partial charge in [0.25, 0.3) is 11.5 Å². The molecule has 3 aromatic heterocycles. The van der Waals surface area contributed by atoms with Crippen LogP contribution >= 0.6 is 0 Å². The molecule has 1 aromatic carbocycles. The molecule has 0 saturated carbocycles. The van der Waals surface area contributed by atoms with E-state index >= 15 is 0 Å². The maximum absolute atomic E-state index is 14.7. The van der Waals surface area contributed by atoms with Crippen LogP contribution < -0.4 is 26.0 Å². The van der Waals surface area contributed by atoms with E-state index in [1.807, 2.05) is 17.9 Å². The number of hydrogen-bond acceptors (Lipinski definition) is 9.